The van der Waals surface area contributed by atoms with Gasteiger partial charge in [-0.3, -0.25) is 0 Å². The normalized spacial score (nSPS) is 13.3. The quantitative estimate of drug-likeness (QED) is 0.627. The van der Waals surface area contributed by atoms with Gasteiger partial charge in [0.05, 0.1) is 24.7 Å². The minimum atomic E-state index is 0.101. The van der Waals surface area contributed by atoms with Crippen LogP contribution in [0, 0.1) is 17.2 Å². The molecular weight excluding hydrogens is 164 g/mol. The average Bonchev–Trinajstić information content (AvgIpc) is 2.03. The van der Waals surface area contributed by atoms with Crippen molar-refractivity contribution in [1.82, 2.24) is 4.90 Å². The topological polar surface area (TPSA) is 36.3 Å². The maximum atomic E-state index is 8.59. The summed E-state index contributed by atoms with van der Waals surface area (Å²) in [5.74, 6) is 0.101. The van der Waals surface area contributed by atoms with E-state index in [1.54, 1.807) is 0 Å². The van der Waals surface area contributed by atoms with Crippen molar-refractivity contribution in [2.24, 2.45) is 5.92 Å². The van der Waals surface area contributed by atoms with Gasteiger partial charge in [0.2, 0.25) is 0 Å². The van der Waals surface area contributed by atoms with Crippen LogP contribution in [-0.2, 0) is 4.74 Å². The van der Waals surface area contributed by atoms with Gasteiger partial charge in [0.1, 0.15) is 0 Å². The average molecular weight is 184 g/mol. The first-order chi connectivity index (χ1) is 6.06. The summed E-state index contributed by atoms with van der Waals surface area (Å²) in [6.45, 7) is 8.43. The molecule has 13 heavy (non-hydrogen) atoms. The van der Waals surface area contributed by atoms with Crippen molar-refractivity contribution in [3.8, 4) is 6.07 Å². The maximum Gasteiger partial charge on any atom is 0.0666 e. The molecule has 0 spiro atoms. The molecule has 0 saturated carbocycles. The van der Waals surface area contributed by atoms with Gasteiger partial charge in [0.15, 0.2) is 0 Å². The van der Waals surface area contributed by atoms with E-state index in [1.165, 1.54) is 0 Å². The van der Waals surface area contributed by atoms with E-state index >= 15 is 0 Å². The highest BCUT2D eigenvalue weighted by Gasteiger charge is 2.04. The molecule has 0 aliphatic carbocycles. The second kappa shape index (κ2) is 6.88. The monoisotopic (exact) mass is 184 g/mol. The first-order valence-corrected chi connectivity index (χ1v) is 4.76. The highest BCUT2D eigenvalue weighted by molar-refractivity contribution is 4.80. The van der Waals surface area contributed by atoms with E-state index in [0.29, 0.717) is 6.10 Å². The number of likely N-dealkylation sites (N-methyl/N-ethyl adjacent to an activating group) is 1. The van der Waals surface area contributed by atoms with E-state index in [4.69, 9.17) is 10.00 Å². The van der Waals surface area contributed by atoms with Gasteiger partial charge in [-0.2, -0.15) is 5.26 Å². The third kappa shape index (κ3) is 7.76. The van der Waals surface area contributed by atoms with E-state index in [9.17, 15) is 0 Å². The first kappa shape index (κ1) is 12.4. The Balaban J connectivity index is 3.41. The lowest BCUT2D eigenvalue weighted by molar-refractivity contribution is 0.0627. The standard InChI is InChI=1S/C10H20N2O/c1-9(2)13-6-5-12(4)8-10(3)7-11/h9-10H,5-6,8H2,1-4H3. The molecule has 0 N–H and O–H groups in total. The largest absolute Gasteiger partial charge is 0.377 e. The Bertz CT molecular complexity index is 163. The van der Waals surface area contributed by atoms with Gasteiger partial charge in [0.25, 0.3) is 0 Å². The second-order valence-electron chi connectivity index (χ2n) is 3.71. The number of nitrogens with zero attached hydrogens (tertiary/aromatic N) is 2. The maximum absolute atomic E-state index is 8.59. The molecule has 0 aliphatic rings. The molecule has 0 rings (SSSR count). The van der Waals surface area contributed by atoms with Gasteiger partial charge in [-0.1, -0.05) is 0 Å². The Kier molecular flexibility index (Phi) is 6.56. The van der Waals surface area contributed by atoms with Gasteiger partial charge in [-0.25, -0.2) is 0 Å². The lowest BCUT2D eigenvalue weighted by Crippen LogP contribution is -2.28. The van der Waals surface area contributed by atoms with Gasteiger partial charge in [-0.05, 0) is 27.8 Å². The van der Waals surface area contributed by atoms with Crippen LogP contribution in [0.4, 0.5) is 0 Å². The fourth-order valence-corrected chi connectivity index (χ4v) is 1.04. The second-order valence-corrected chi connectivity index (χ2v) is 3.71. The third-order valence-electron chi connectivity index (χ3n) is 1.73. The van der Waals surface area contributed by atoms with Crippen molar-refractivity contribution in [2.75, 3.05) is 26.7 Å². The smallest absolute Gasteiger partial charge is 0.0666 e. The Hall–Kier alpha value is -0.590. The summed E-state index contributed by atoms with van der Waals surface area (Å²) in [6.07, 6.45) is 0.293. The minimum absolute atomic E-state index is 0.101. The zero-order valence-corrected chi connectivity index (χ0v) is 9.08. The molecule has 3 heteroatoms. The van der Waals surface area contributed by atoms with Crippen LogP contribution in [0.5, 0.6) is 0 Å². The van der Waals surface area contributed by atoms with E-state index in [0.717, 1.165) is 19.7 Å². The fraction of sp³-hybridized carbons (Fsp3) is 0.900. The van der Waals surface area contributed by atoms with E-state index in [2.05, 4.69) is 11.0 Å². The van der Waals surface area contributed by atoms with Crippen molar-refractivity contribution in [1.29, 1.82) is 5.26 Å². The molecule has 0 heterocycles. The zero-order chi connectivity index (χ0) is 10.3. The lowest BCUT2D eigenvalue weighted by Gasteiger charge is -2.18. The molecule has 0 aromatic carbocycles. The summed E-state index contributed by atoms with van der Waals surface area (Å²) < 4.78 is 5.40. The molecule has 3 nitrogen and oxygen atoms in total. The Morgan fingerprint density at radius 3 is 2.46 bits per heavy atom. The predicted molar refractivity (Wildman–Crippen MR) is 53.4 cm³/mol. The molecule has 0 aromatic heterocycles. The summed E-state index contributed by atoms with van der Waals surface area (Å²) in [4.78, 5) is 2.12. The molecule has 76 valence electrons. The van der Waals surface area contributed by atoms with Crippen molar-refractivity contribution in [2.45, 2.75) is 26.9 Å². The Morgan fingerprint density at radius 2 is 2.00 bits per heavy atom. The summed E-state index contributed by atoms with van der Waals surface area (Å²) in [5.41, 5.74) is 0. The molecule has 0 bridgehead atoms. The van der Waals surface area contributed by atoms with Crippen molar-refractivity contribution >= 4 is 0 Å². The van der Waals surface area contributed by atoms with Crippen LogP contribution >= 0.6 is 0 Å². The minimum Gasteiger partial charge on any atom is -0.377 e. The molecule has 0 aromatic rings. The summed E-state index contributed by atoms with van der Waals surface area (Å²) >= 11 is 0. The molecule has 1 atom stereocenters. The summed E-state index contributed by atoms with van der Waals surface area (Å²) in [7, 11) is 2.01. The Labute approximate surface area is 81.3 Å². The molecule has 0 aliphatic heterocycles. The van der Waals surface area contributed by atoms with Crippen LogP contribution < -0.4 is 0 Å². The van der Waals surface area contributed by atoms with Gasteiger partial charge < -0.3 is 9.64 Å². The predicted octanol–water partition coefficient (Wildman–Crippen LogP) is 1.50. The van der Waals surface area contributed by atoms with Gasteiger partial charge >= 0.3 is 0 Å². The van der Waals surface area contributed by atoms with Crippen LogP contribution in [0.15, 0.2) is 0 Å². The number of hydrogen-bond donors (Lipinski definition) is 0. The molecule has 0 amide bonds. The lowest BCUT2D eigenvalue weighted by atomic mass is 10.2. The molecule has 0 saturated heterocycles. The number of nitriles is 1. The third-order valence-corrected chi connectivity index (χ3v) is 1.73. The van der Waals surface area contributed by atoms with Gasteiger partial charge in [0, 0.05) is 13.1 Å². The fourth-order valence-electron chi connectivity index (χ4n) is 1.04. The molecule has 0 fully saturated rings. The number of ether oxygens (including phenoxy) is 1. The van der Waals surface area contributed by atoms with Crippen LogP contribution in [0.3, 0.4) is 0 Å². The Morgan fingerprint density at radius 1 is 1.38 bits per heavy atom. The number of hydrogen-bond acceptors (Lipinski definition) is 3. The van der Waals surface area contributed by atoms with Crippen molar-refractivity contribution in [3.05, 3.63) is 0 Å². The highest BCUT2D eigenvalue weighted by Crippen LogP contribution is 1.96. The summed E-state index contributed by atoms with van der Waals surface area (Å²) in [5, 5.41) is 8.59. The van der Waals surface area contributed by atoms with E-state index in [-0.39, 0.29) is 5.92 Å². The first-order valence-electron chi connectivity index (χ1n) is 4.76. The number of rotatable bonds is 6. The van der Waals surface area contributed by atoms with Crippen LogP contribution in [0.1, 0.15) is 20.8 Å². The van der Waals surface area contributed by atoms with Crippen molar-refractivity contribution in [3.63, 3.8) is 0 Å². The van der Waals surface area contributed by atoms with Crippen LogP contribution in [0.25, 0.3) is 0 Å². The van der Waals surface area contributed by atoms with Crippen molar-refractivity contribution < 1.29 is 4.74 Å². The summed E-state index contributed by atoms with van der Waals surface area (Å²) in [6, 6.07) is 2.21. The highest BCUT2D eigenvalue weighted by atomic mass is 16.5. The molecule has 0 radical (unpaired) electrons. The SMILES string of the molecule is CC(C#N)CN(C)CCOC(C)C. The molecular formula is C10H20N2O. The van der Waals surface area contributed by atoms with Crippen LogP contribution in [0.2, 0.25) is 0 Å². The molecule has 1 unspecified atom stereocenters. The van der Waals surface area contributed by atoms with E-state index in [1.807, 2.05) is 27.8 Å². The van der Waals surface area contributed by atoms with E-state index < -0.39 is 0 Å². The zero-order valence-electron chi connectivity index (χ0n) is 9.08. The van der Waals surface area contributed by atoms with Gasteiger partial charge in [-0.15, -0.1) is 0 Å². The van der Waals surface area contributed by atoms with Crippen LogP contribution in [-0.4, -0.2) is 37.7 Å².